The van der Waals surface area contributed by atoms with Crippen LogP contribution in [0.3, 0.4) is 0 Å². The van der Waals surface area contributed by atoms with Crippen LogP contribution in [-0.2, 0) is 4.74 Å². The molecule has 0 spiro atoms. The zero-order valence-electron chi connectivity index (χ0n) is 13.2. The highest BCUT2D eigenvalue weighted by atomic mass is 32.2. The summed E-state index contributed by atoms with van der Waals surface area (Å²) in [5.41, 5.74) is 1.02. The van der Waals surface area contributed by atoms with Crippen molar-refractivity contribution < 1.29 is 4.74 Å². The molecule has 2 aliphatic rings. The SMILES string of the molecule is CCCSC1=NN(C)c2nc(N3CCOCC3)nc(C)c2S1. The molecule has 1 aromatic heterocycles. The predicted molar refractivity (Wildman–Crippen MR) is 94.2 cm³/mol. The van der Waals surface area contributed by atoms with Crippen LogP contribution in [-0.4, -0.2) is 53.4 Å². The molecule has 0 aliphatic carbocycles. The summed E-state index contributed by atoms with van der Waals surface area (Å²) >= 11 is 3.48. The Kier molecular flexibility index (Phi) is 5.10. The largest absolute Gasteiger partial charge is 0.378 e. The number of ether oxygens (including phenoxy) is 1. The number of nitrogens with zero attached hydrogens (tertiary/aromatic N) is 5. The fourth-order valence-corrected chi connectivity index (χ4v) is 4.40. The minimum atomic E-state index is 0.736. The topological polar surface area (TPSA) is 53.9 Å². The van der Waals surface area contributed by atoms with Crippen molar-refractivity contribution in [2.75, 3.05) is 49.0 Å². The summed E-state index contributed by atoms with van der Waals surface area (Å²) in [5.74, 6) is 2.77. The number of morpholine rings is 1. The van der Waals surface area contributed by atoms with E-state index in [0.717, 1.165) is 65.2 Å². The van der Waals surface area contributed by atoms with Crippen LogP contribution in [0, 0.1) is 6.92 Å². The Balaban J connectivity index is 1.86. The monoisotopic (exact) mass is 339 g/mol. The van der Waals surface area contributed by atoms with Gasteiger partial charge in [-0.1, -0.05) is 30.4 Å². The first-order valence-corrected chi connectivity index (χ1v) is 9.33. The summed E-state index contributed by atoms with van der Waals surface area (Å²) in [4.78, 5) is 12.7. The zero-order valence-corrected chi connectivity index (χ0v) is 14.8. The maximum absolute atomic E-state index is 5.40. The molecule has 0 N–H and O–H groups in total. The minimum absolute atomic E-state index is 0.736. The van der Waals surface area contributed by atoms with Crippen molar-refractivity contribution in [1.82, 2.24) is 9.97 Å². The van der Waals surface area contributed by atoms with Crippen molar-refractivity contribution in [2.24, 2.45) is 5.10 Å². The molecule has 0 aromatic carbocycles. The van der Waals surface area contributed by atoms with Crippen molar-refractivity contribution in [3.05, 3.63) is 5.69 Å². The van der Waals surface area contributed by atoms with Crippen LogP contribution in [0.15, 0.2) is 10.00 Å². The molecule has 1 fully saturated rings. The Morgan fingerprint density at radius 2 is 2.05 bits per heavy atom. The van der Waals surface area contributed by atoms with Crippen LogP contribution in [0.5, 0.6) is 0 Å². The van der Waals surface area contributed by atoms with Crippen LogP contribution in [0.4, 0.5) is 11.8 Å². The van der Waals surface area contributed by atoms with Gasteiger partial charge < -0.3 is 9.64 Å². The number of rotatable bonds is 3. The number of aryl methyl sites for hydroxylation is 1. The van der Waals surface area contributed by atoms with Gasteiger partial charge in [-0.2, -0.15) is 10.1 Å². The van der Waals surface area contributed by atoms with Gasteiger partial charge in [0.25, 0.3) is 0 Å². The Labute approximate surface area is 139 Å². The summed E-state index contributed by atoms with van der Waals surface area (Å²) in [6, 6.07) is 0. The molecule has 2 aliphatic heterocycles. The third kappa shape index (κ3) is 3.33. The van der Waals surface area contributed by atoms with E-state index in [-0.39, 0.29) is 0 Å². The lowest BCUT2D eigenvalue weighted by Gasteiger charge is -2.29. The average molecular weight is 339 g/mol. The summed E-state index contributed by atoms with van der Waals surface area (Å²) < 4.78 is 6.47. The van der Waals surface area contributed by atoms with Gasteiger partial charge in [-0.3, -0.25) is 0 Å². The van der Waals surface area contributed by atoms with Gasteiger partial charge in [0.05, 0.1) is 23.8 Å². The smallest absolute Gasteiger partial charge is 0.227 e. The van der Waals surface area contributed by atoms with E-state index in [1.54, 1.807) is 23.5 Å². The molecule has 6 nitrogen and oxygen atoms in total. The van der Waals surface area contributed by atoms with Crippen molar-refractivity contribution in [1.29, 1.82) is 0 Å². The van der Waals surface area contributed by atoms with Crippen LogP contribution in [0.2, 0.25) is 0 Å². The number of thioether (sulfide) groups is 2. The number of hydrogen-bond donors (Lipinski definition) is 0. The lowest BCUT2D eigenvalue weighted by molar-refractivity contribution is 0.122. The van der Waals surface area contributed by atoms with Gasteiger partial charge in [-0.25, -0.2) is 9.99 Å². The summed E-state index contributed by atoms with van der Waals surface area (Å²) in [5, 5.41) is 6.51. The molecule has 0 bridgehead atoms. The standard InChI is InChI=1S/C14H21N5OS2/c1-4-9-21-14-17-18(3)12-11(22-14)10(2)15-13(16-12)19-5-7-20-8-6-19/h4-9H2,1-3H3. The molecular formula is C14H21N5OS2. The minimum Gasteiger partial charge on any atom is -0.378 e. The molecule has 3 rings (SSSR count). The van der Waals surface area contributed by atoms with Crippen molar-refractivity contribution in [3.8, 4) is 0 Å². The van der Waals surface area contributed by atoms with Gasteiger partial charge in [0.2, 0.25) is 5.95 Å². The Hall–Kier alpha value is -0.990. The fraction of sp³-hybridized carbons (Fsp3) is 0.643. The maximum Gasteiger partial charge on any atom is 0.227 e. The molecule has 0 amide bonds. The maximum atomic E-state index is 5.40. The summed E-state index contributed by atoms with van der Waals surface area (Å²) in [6.07, 6.45) is 1.15. The Morgan fingerprint density at radius 3 is 2.77 bits per heavy atom. The number of hydrogen-bond acceptors (Lipinski definition) is 8. The molecule has 0 saturated carbocycles. The van der Waals surface area contributed by atoms with E-state index < -0.39 is 0 Å². The van der Waals surface area contributed by atoms with E-state index in [4.69, 9.17) is 14.7 Å². The first-order valence-electron chi connectivity index (χ1n) is 7.53. The van der Waals surface area contributed by atoms with E-state index in [1.807, 2.05) is 12.1 Å². The highest BCUT2D eigenvalue weighted by Crippen LogP contribution is 2.39. The van der Waals surface area contributed by atoms with Crippen LogP contribution < -0.4 is 9.91 Å². The van der Waals surface area contributed by atoms with E-state index >= 15 is 0 Å². The normalized spacial score (nSPS) is 18.2. The van der Waals surface area contributed by atoms with Gasteiger partial charge in [-0.05, 0) is 19.1 Å². The van der Waals surface area contributed by atoms with Crippen molar-refractivity contribution in [3.63, 3.8) is 0 Å². The van der Waals surface area contributed by atoms with Crippen LogP contribution in [0.1, 0.15) is 19.0 Å². The Bertz CT molecular complexity index is 575. The van der Waals surface area contributed by atoms with Gasteiger partial charge in [0.1, 0.15) is 0 Å². The van der Waals surface area contributed by atoms with Gasteiger partial charge in [0, 0.05) is 20.1 Å². The van der Waals surface area contributed by atoms with E-state index in [2.05, 4.69) is 23.8 Å². The average Bonchev–Trinajstić information content (AvgIpc) is 2.54. The fourth-order valence-electron chi connectivity index (χ4n) is 2.30. The summed E-state index contributed by atoms with van der Waals surface area (Å²) in [7, 11) is 1.96. The van der Waals surface area contributed by atoms with E-state index in [0.29, 0.717) is 0 Å². The predicted octanol–water partition coefficient (Wildman–Crippen LogP) is 2.58. The first-order chi connectivity index (χ1) is 10.7. The molecular weight excluding hydrogens is 318 g/mol. The third-order valence-corrected chi connectivity index (χ3v) is 5.94. The number of fused-ring (bicyclic) bond motifs is 1. The highest BCUT2D eigenvalue weighted by Gasteiger charge is 2.25. The molecule has 3 heterocycles. The highest BCUT2D eigenvalue weighted by molar-refractivity contribution is 8.39. The Morgan fingerprint density at radius 1 is 1.27 bits per heavy atom. The molecule has 1 aromatic rings. The zero-order chi connectivity index (χ0) is 15.5. The van der Waals surface area contributed by atoms with Gasteiger partial charge in [-0.15, -0.1) is 0 Å². The molecule has 0 unspecified atom stereocenters. The van der Waals surface area contributed by atoms with Crippen LogP contribution >= 0.6 is 23.5 Å². The van der Waals surface area contributed by atoms with Gasteiger partial charge in [0.15, 0.2) is 10.2 Å². The number of hydrazone groups is 1. The molecule has 8 heteroatoms. The molecule has 1 saturated heterocycles. The third-order valence-electron chi connectivity index (χ3n) is 3.46. The van der Waals surface area contributed by atoms with E-state index in [1.165, 1.54) is 0 Å². The van der Waals surface area contributed by atoms with Gasteiger partial charge >= 0.3 is 0 Å². The molecule has 120 valence electrons. The quantitative estimate of drug-likeness (QED) is 0.839. The molecule has 0 radical (unpaired) electrons. The van der Waals surface area contributed by atoms with Crippen molar-refractivity contribution >= 4 is 39.7 Å². The summed E-state index contributed by atoms with van der Waals surface area (Å²) in [6.45, 7) is 7.40. The lowest BCUT2D eigenvalue weighted by Crippen LogP contribution is -2.37. The van der Waals surface area contributed by atoms with E-state index in [9.17, 15) is 0 Å². The molecule has 22 heavy (non-hydrogen) atoms. The number of aromatic nitrogens is 2. The second kappa shape index (κ2) is 7.06. The van der Waals surface area contributed by atoms with Crippen molar-refractivity contribution in [2.45, 2.75) is 25.2 Å². The second-order valence-corrected chi connectivity index (χ2v) is 7.54. The number of anilines is 2. The first kappa shape index (κ1) is 15.9. The van der Waals surface area contributed by atoms with Crippen LogP contribution in [0.25, 0.3) is 0 Å². The second-order valence-electron chi connectivity index (χ2n) is 5.20. The molecule has 0 atom stereocenters. The lowest BCUT2D eigenvalue weighted by atomic mass is 10.4.